The van der Waals surface area contributed by atoms with E-state index in [4.69, 9.17) is 25.8 Å². The van der Waals surface area contributed by atoms with Gasteiger partial charge in [0.2, 0.25) is 5.91 Å². The van der Waals surface area contributed by atoms with Crippen molar-refractivity contribution in [1.82, 2.24) is 9.80 Å². The molecular formula is C23H33ClN2O4. The molecule has 2 heterocycles. The fourth-order valence-corrected chi connectivity index (χ4v) is 4.75. The summed E-state index contributed by atoms with van der Waals surface area (Å²) in [4.78, 5) is 17.3. The van der Waals surface area contributed by atoms with E-state index in [1.165, 1.54) is 0 Å². The lowest BCUT2D eigenvalue weighted by molar-refractivity contribution is -0.127. The van der Waals surface area contributed by atoms with Crippen molar-refractivity contribution in [3.05, 3.63) is 28.8 Å². The molecule has 3 rings (SSSR count). The number of hydrogen-bond acceptors (Lipinski definition) is 5. The molecule has 0 bridgehead atoms. The predicted octanol–water partition coefficient (Wildman–Crippen LogP) is 3.86. The van der Waals surface area contributed by atoms with Gasteiger partial charge in [0.1, 0.15) is 0 Å². The SMILES string of the molecule is CCOc1cc(/C=C/C(=O)N2CCCC2CN2CC(C)OC(C)C2)cc(Cl)c1OC. The smallest absolute Gasteiger partial charge is 0.246 e. The summed E-state index contributed by atoms with van der Waals surface area (Å²) in [5.41, 5.74) is 0.809. The molecule has 0 aromatic heterocycles. The van der Waals surface area contributed by atoms with Crippen molar-refractivity contribution in [2.45, 2.75) is 51.9 Å². The molecule has 0 saturated carbocycles. The summed E-state index contributed by atoms with van der Waals surface area (Å²) >= 11 is 6.32. The first-order chi connectivity index (χ1) is 14.4. The van der Waals surface area contributed by atoms with Gasteiger partial charge in [-0.1, -0.05) is 11.6 Å². The molecule has 0 radical (unpaired) electrons. The van der Waals surface area contributed by atoms with E-state index in [-0.39, 0.29) is 24.2 Å². The third-order valence-corrected chi connectivity index (χ3v) is 5.86. The van der Waals surface area contributed by atoms with Crippen LogP contribution in [0.4, 0.5) is 0 Å². The Hall–Kier alpha value is -1.76. The van der Waals surface area contributed by atoms with E-state index in [0.29, 0.717) is 23.1 Å². The third kappa shape index (κ3) is 5.68. The highest BCUT2D eigenvalue weighted by molar-refractivity contribution is 6.32. The van der Waals surface area contributed by atoms with Gasteiger partial charge in [0.15, 0.2) is 11.5 Å². The number of hydrogen-bond donors (Lipinski definition) is 0. The molecule has 1 aromatic rings. The third-order valence-electron chi connectivity index (χ3n) is 5.58. The van der Waals surface area contributed by atoms with E-state index in [1.807, 2.05) is 17.9 Å². The molecule has 0 spiro atoms. The van der Waals surface area contributed by atoms with Crippen molar-refractivity contribution in [1.29, 1.82) is 0 Å². The Labute approximate surface area is 184 Å². The first kappa shape index (κ1) is 22.9. The van der Waals surface area contributed by atoms with Crippen LogP contribution in [0.2, 0.25) is 5.02 Å². The van der Waals surface area contributed by atoms with Gasteiger partial charge in [-0.15, -0.1) is 0 Å². The maximum atomic E-state index is 12.9. The van der Waals surface area contributed by atoms with E-state index in [1.54, 1.807) is 25.3 Å². The molecule has 2 fully saturated rings. The topological polar surface area (TPSA) is 51.2 Å². The molecule has 3 atom stereocenters. The van der Waals surface area contributed by atoms with Gasteiger partial charge >= 0.3 is 0 Å². The van der Waals surface area contributed by atoms with Crippen molar-refractivity contribution in [3.63, 3.8) is 0 Å². The van der Waals surface area contributed by atoms with Gasteiger partial charge in [0.25, 0.3) is 0 Å². The zero-order valence-corrected chi connectivity index (χ0v) is 19.2. The highest BCUT2D eigenvalue weighted by atomic mass is 35.5. The van der Waals surface area contributed by atoms with E-state index in [2.05, 4.69) is 18.7 Å². The van der Waals surface area contributed by atoms with Crippen molar-refractivity contribution in [2.24, 2.45) is 0 Å². The number of methoxy groups -OCH3 is 1. The first-order valence-corrected chi connectivity index (χ1v) is 11.2. The van der Waals surface area contributed by atoms with Crippen LogP contribution in [0.5, 0.6) is 11.5 Å². The Balaban J connectivity index is 1.66. The fourth-order valence-electron chi connectivity index (χ4n) is 4.46. The van der Waals surface area contributed by atoms with Crippen molar-refractivity contribution in [2.75, 3.05) is 39.9 Å². The molecular weight excluding hydrogens is 404 g/mol. The van der Waals surface area contributed by atoms with Crippen LogP contribution in [0, 0.1) is 0 Å². The number of halogens is 1. The number of ether oxygens (including phenoxy) is 3. The summed E-state index contributed by atoms with van der Waals surface area (Å²) in [5, 5.41) is 0.463. The van der Waals surface area contributed by atoms with E-state index < -0.39 is 0 Å². The van der Waals surface area contributed by atoms with Gasteiger partial charge in [0.05, 0.1) is 30.9 Å². The van der Waals surface area contributed by atoms with Crippen LogP contribution in [-0.4, -0.2) is 73.9 Å². The summed E-state index contributed by atoms with van der Waals surface area (Å²) in [6.07, 6.45) is 5.99. The minimum absolute atomic E-state index is 0.0387. The lowest BCUT2D eigenvalue weighted by Gasteiger charge is -2.38. The second-order valence-corrected chi connectivity index (χ2v) is 8.51. The van der Waals surface area contributed by atoms with Crippen molar-refractivity contribution >= 4 is 23.6 Å². The molecule has 1 aromatic carbocycles. The molecule has 1 amide bonds. The zero-order chi connectivity index (χ0) is 21.7. The molecule has 6 nitrogen and oxygen atoms in total. The summed E-state index contributed by atoms with van der Waals surface area (Å²) in [6.45, 7) is 10.2. The van der Waals surface area contributed by atoms with E-state index in [0.717, 1.165) is 44.6 Å². The predicted molar refractivity (Wildman–Crippen MR) is 119 cm³/mol. The molecule has 2 saturated heterocycles. The Kier molecular flexibility index (Phi) is 8.03. The van der Waals surface area contributed by atoms with E-state index in [9.17, 15) is 4.79 Å². The molecule has 30 heavy (non-hydrogen) atoms. The van der Waals surface area contributed by atoms with Gasteiger partial charge in [-0.2, -0.15) is 0 Å². The summed E-state index contributed by atoms with van der Waals surface area (Å²) in [6, 6.07) is 3.87. The molecule has 0 aliphatic carbocycles. The number of benzene rings is 1. The highest BCUT2D eigenvalue weighted by Gasteiger charge is 2.31. The van der Waals surface area contributed by atoms with Gasteiger partial charge in [-0.3, -0.25) is 9.69 Å². The number of nitrogens with zero attached hydrogens (tertiary/aromatic N) is 2. The first-order valence-electron chi connectivity index (χ1n) is 10.8. The summed E-state index contributed by atoms with van der Waals surface area (Å²) in [7, 11) is 1.56. The van der Waals surface area contributed by atoms with Gasteiger partial charge in [-0.25, -0.2) is 0 Å². The van der Waals surface area contributed by atoms with Gasteiger partial charge in [-0.05, 0) is 57.4 Å². The molecule has 2 aliphatic rings. The number of likely N-dealkylation sites (tertiary alicyclic amines) is 1. The molecule has 0 N–H and O–H groups in total. The maximum Gasteiger partial charge on any atom is 0.246 e. The Morgan fingerprint density at radius 2 is 2.03 bits per heavy atom. The Bertz CT molecular complexity index is 760. The van der Waals surface area contributed by atoms with Gasteiger partial charge < -0.3 is 19.1 Å². The highest BCUT2D eigenvalue weighted by Crippen LogP contribution is 2.36. The standard InChI is InChI=1S/C23H33ClN2O4/c1-5-29-21-12-18(11-20(24)23(21)28-4)8-9-22(27)26-10-6-7-19(26)15-25-13-16(2)30-17(3)14-25/h8-9,11-12,16-17,19H,5-7,10,13-15H2,1-4H3/b9-8+. The second-order valence-electron chi connectivity index (χ2n) is 8.10. The Morgan fingerprint density at radius 3 is 2.70 bits per heavy atom. The largest absolute Gasteiger partial charge is 0.491 e. The quantitative estimate of drug-likeness (QED) is 0.607. The van der Waals surface area contributed by atoms with Crippen LogP contribution in [0.25, 0.3) is 6.08 Å². The Morgan fingerprint density at radius 1 is 1.30 bits per heavy atom. The average molecular weight is 437 g/mol. The lowest BCUT2D eigenvalue weighted by atomic mass is 10.1. The van der Waals surface area contributed by atoms with Crippen LogP contribution >= 0.6 is 11.6 Å². The van der Waals surface area contributed by atoms with Crippen LogP contribution in [0.1, 0.15) is 39.2 Å². The molecule has 2 aliphatic heterocycles. The van der Waals surface area contributed by atoms with Crippen molar-refractivity contribution in [3.8, 4) is 11.5 Å². The number of carbonyl (C=O) groups is 1. The summed E-state index contributed by atoms with van der Waals surface area (Å²) in [5.74, 6) is 1.13. The molecule has 3 unspecified atom stereocenters. The van der Waals surface area contributed by atoms with Crippen LogP contribution in [0.15, 0.2) is 18.2 Å². The number of carbonyl (C=O) groups excluding carboxylic acids is 1. The van der Waals surface area contributed by atoms with Crippen LogP contribution < -0.4 is 9.47 Å². The number of rotatable bonds is 7. The number of morpholine rings is 1. The normalized spacial score (nSPS) is 25.1. The molecule has 7 heteroatoms. The maximum absolute atomic E-state index is 12.9. The lowest BCUT2D eigenvalue weighted by Crippen LogP contribution is -2.50. The molecule has 166 valence electrons. The van der Waals surface area contributed by atoms with Crippen LogP contribution in [0.3, 0.4) is 0 Å². The van der Waals surface area contributed by atoms with Gasteiger partial charge in [0, 0.05) is 38.3 Å². The minimum atomic E-state index is 0.0387. The second kappa shape index (κ2) is 10.5. The monoisotopic (exact) mass is 436 g/mol. The van der Waals surface area contributed by atoms with E-state index >= 15 is 0 Å². The summed E-state index contributed by atoms with van der Waals surface area (Å²) < 4.78 is 16.8. The fraction of sp³-hybridized carbons (Fsp3) is 0.609. The van der Waals surface area contributed by atoms with Crippen molar-refractivity contribution < 1.29 is 19.0 Å². The number of amides is 1. The average Bonchev–Trinajstić information content (AvgIpc) is 3.13. The minimum Gasteiger partial charge on any atom is -0.491 e. The van der Waals surface area contributed by atoms with Crippen LogP contribution in [-0.2, 0) is 9.53 Å². The zero-order valence-electron chi connectivity index (χ0n) is 18.4.